The molecule has 0 bridgehead atoms. The Morgan fingerprint density at radius 3 is 2.83 bits per heavy atom. The van der Waals surface area contributed by atoms with Crippen LogP contribution < -0.4 is 10.6 Å². The van der Waals surface area contributed by atoms with Gasteiger partial charge in [-0.2, -0.15) is 0 Å². The number of hydrogen-bond donors (Lipinski definition) is 2. The summed E-state index contributed by atoms with van der Waals surface area (Å²) in [5, 5.41) is 6.82. The number of rotatable bonds is 9. The van der Waals surface area contributed by atoms with Crippen LogP contribution >= 0.6 is 24.0 Å². The average Bonchev–Trinajstić information content (AvgIpc) is 3.15. The van der Waals surface area contributed by atoms with Gasteiger partial charge in [-0.15, -0.1) is 24.0 Å². The summed E-state index contributed by atoms with van der Waals surface area (Å²) in [7, 11) is 7.09. The molecule has 0 radical (unpaired) electrons. The standard InChI is InChI=1S/C21H35N5O2.HI/c1-22-21(24-16-19-9-6-12-26(19)13-14-28-4)23-11-10-17-7-5-8-18(15-17)20(27)25(2)3;/h5,7-8,15,19H,6,9-14,16H2,1-4H3,(H2,22,23,24);1H. The maximum Gasteiger partial charge on any atom is 0.253 e. The highest BCUT2D eigenvalue weighted by atomic mass is 127. The van der Waals surface area contributed by atoms with E-state index < -0.39 is 0 Å². The van der Waals surface area contributed by atoms with E-state index in [1.165, 1.54) is 12.8 Å². The zero-order chi connectivity index (χ0) is 20.4. The molecule has 1 aliphatic rings. The van der Waals surface area contributed by atoms with E-state index in [-0.39, 0.29) is 29.9 Å². The van der Waals surface area contributed by atoms with Crippen molar-refractivity contribution in [2.24, 2.45) is 4.99 Å². The summed E-state index contributed by atoms with van der Waals surface area (Å²) in [6, 6.07) is 8.34. The van der Waals surface area contributed by atoms with Crippen molar-refractivity contribution in [1.29, 1.82) is 0 Å². The van der Waals surface area contributed by atoms with Crippen LogP contribution in [0.5, 0.6) is 0 Å². The van der Waals surface area contributed by atoms with Gasteiger partial charge in [0.2, 0.25) is 0 Å². The highest BCUT2D eigenvalue weighted by Crippen LogP contribution is 2.15. The second-order valence-electron chi connectivity index (χ2n) is 7.35. The van der Waals surface area contributed by atoms with Gasteiger partial charge in [-0.1, -0.05) is 12.1 Å². The molecule has 1 atom stereocenters. The van der Waals surface area contributed by atoms with Crippen LogP contribution in [-0.2, 0) is 11.2 Å². The van der Waals surface area contributed by atoms with Crippen molar-refractivity contribution in [1.82, 2.24) is 20.4 Å². The predicted molar refractivity (Wildman–Crippen MR) is 129 cm³/mol. The topological polar surface area (TPSA) is 69.2 Å². The van der Waals surface area contributed by atoms with Crippen molar-refractivity contribution in [3.05, 3.63) is 35.4 Å². The van der Waals surface area contributed by atoms with E-state index in [4.69, 9.17) is 4.74 Å². The SMILES string of the molecule is CN=C(NCCc1cccc(C(=O)N(C)C)c1)NCC1CCCN1CCOC.I. The van der Waals surface area contributed by atoms with E-state index in [9.17, 15) is 4.79 Å². The molecule has 8 heteroatoms. The molecular formula is C21H36IN5O2. The molecule has 1 saturated heterocycles. The minimum Gasteiger partial charge on any atom is -0.383 e. The Labute approximate surface area is 192 Å². The van der Waals surface area contributed by atoms with Gasteiger partial charge in [-0.3, -0.25) is 14.7 Å². The first kappa shape index (κ1) is 25.6. The van der Waals surface area contributed by atoms with Crippen LogP contribution in [0.2, 0.25) is 0 Å². The number of carbonyl (C=O) groups excluding carboxylic acids is 1. The number of nitrogens with one attached hydrogen (secondary N) is 2. The Morgan fingerprint density at radius 1 is 1.34 bits per heavy atom. The normalized spacial score (nSPS) is 17.0. The lowest BCUT2D eigenvalue weighted by atomic mass is 10.1. The van der Waals surface area contributed by atoms with Crippen molar-refractivity contribution in [2.75, 3.05) is 61.0 Å². The Hall–Kier alpha value is -1.39. The van der Waals surface area contributed by atoms with E-state index in [1.807, 2.05) is 18.2 Å². The third-order valence-electron chi connectivity index (χ3n) is 5.10. The zero-order valence-corrected chi connectivity index (χ0v) is 20.4. The molecular weight excluding hydrogens is 481 g/mol. The van der Waals surface area contributed by atoms with Crippen molar-refractivity contribution in [3.63, 3.8) is 0 Å². The second kappa shape index (κ2) is 13.8. The molecule has 0 saturated carbocycles. The van der Waals surface area contributed by atoms with Crippen molar-refractivity contribution < 1.29 is 9.53 Å². The quantitative estimate of drug-likeness (QED) is 0.297. The van der Waals surface area contributed by atoms with Crippen LogP contribution in [0.1, 0.15) is 28.8 Å². The highest BCUT2D eigenvalue weighted by molar-refractivity contribution is 14.0. The average molecular weight is 517 g/mol. The number of halogens is 1. The number of aliphatic imine (C=N–C) groups is 1. The molecule has 1 aliphatic heterocycles. The second-order valence-corrected chi connectivity index (χ2v) is 7.35. The lowest BCUT2D eigenvalue weighted by Crippen LogP contribution is -2.45. The van der Waals surface area contributed by atoms with Crippen molar-refractivity contribution >= 4 is 35.8 Å². The monoisotopic (exact) mass is 517 g/mol. The summed E-state index contributed by atoms with van der Waals surface area (Å²) in [4.78, 5) is 20.5. The van der Waals surface area contributed by atoms with Crippen LogP contribution in [0.25, 0.3) is 0 Å². The van der Waals surface area contributed by atoms with Gasteiger partial charge in [-0.05, 0) is 43.5 Å². The molecule has 2 N–H and O–H groups in total. The van der Waals surface area contributed by atoms with Gasteiger partial charge in [0.15, 0.2) is 5.96 Å². The molecule has 1 unspecified atom stereocenters. The van der Waals surface area contributed by atoms with Gasteiger partial charge in [0.05, 0.1) is 6.61 Å². The minimum absolute atomic E-state index is 0. The number of guanidine groups is 1. The Morgan fingerprint density at radius 2 is 2.14 bits per heavy atom. The summed E-state index contributed by atoms with van der Waals surface area (Å²) in [5.74, 6) is 0.848. The number of nitrogens with zero attached hydrogens (tertiary/aromatic N) is 3. The van der Waals surface area contributed by atoms with Crippen LogP contribution in [0.4, 0.5) is 0 Å². The van der Waals surface area contributed by atoms with Gasteiger partial charge < -0.3 is 20.3 Å². The number of likely N-dealkylation sites (tertiary alicyclic amines) is 1. The molecule has 1 amide bonds. The predicted octanol–water partition coefficient (Wildman–Crippen LogP) is 1.82. The molecule has 1 aromatic carbocycles. The summed E-state index contributed by atoms with van der Waals surface area (Å²) >= 11 is 0. The minimum atomic E-state index is 0. The van der Waals surface area contributed by atoms with Gasteiger partial charge in [0.25, 0.3) is 5.91 Å². The van der Waals surface area contributed by atoms with Gasteiger partial charge in [0.1, 0.15) is 0 Å². The molecule has 0 spiro atoms. The van der Waals surface area contributed by atoms with Crippen molar-refractivity contribution in [3.8, 4) is 0 Å². The molecule has 1 heterocycles. The van der Waals surface area contributed by atoms with Crippen molar-refractivity contribution in [2.45, 2.75) is 25.3 Å². The van der Waals surface area contributed by atoms with Gasteiger partial charge in [0, 0.05) is 59.5 Å². The first-order chi connectivity index (χ1) is 13.5. The number of hydrogen-bond acceptors (Lipinski definition) is 4. The third kappa shape index (κ3) is 8.47. The Kier molecular flexibility index (Phi) is 12.2. The number of ether oxygens (including phenoxy) is 1. The molecule has 1 aromatic rings. The molecule has 2 rings (SSSR count). The lowest BCUT2D eigenvalue weighted by Gasteiger charge is -2.25. The fourth-order valence-corrected chi connectivity index (χ4v) is 3.51. The number of amides is 1. The molecule has 1 fully saturated rings. The number of carbonyl (C=O) groups is 1. The molecule has 7 nitrogen and oxygen atoms in total. The van der Waals surface area contributed by atoms with E-state index in [0.29, 0.717) is 6.04 Å². The van der Waals surface area contributed by atoms with Crippen LogP contribution in [0.15, 0.2) is 29.3 Å². The summed E-state index contributed by atoms with van der Waals surface area (Å²) in [5.41, 5.74) is 1.86. The Bertz CT molecular complexity index is 654. The van der Waals surface area contributed by atoms with E-state index in [0.717, 1.165) is 56.3 Å². The summed E-state index contributed by atoms with van der Waals surface area (Å²) < 4.78 is 5.21. The number of methoxy groups -OCH3 is 1. The molecule has 0 aliphatic carbocycles. The first-order valence-corrected chi connectivity index (χ1v) is 10.0. The third-order valence-corrected chi connectivity index (χ3v) is 5.10. The van der Waals surface area contributed by atoms with Crippen LogP contribution in [0.3, 0.4) is 0 Å². The largest absolute Gasteiger partial charge is 0.383 e. The van der Waals surface area contributed by atoms with E-state index in [2.05, 4.69) is 26.6 Å². The maximum absolute atomic E-state index is 12.1. The lowest BCUT2D eigenvalue weighted by molar-refractivity contribution is 0.0827. The molecule has 164 valence electrons. The van der Waals surface area contributed by atoms with E-state index >= 15 is 0 Å². The fraction of sp³-hybridized carbons (Fsp3) is 0.619. The van der Waals surface area contributed by atoms with Gasteiger partial charge >= 0.3 is 0 Å². The van der Waals surface area contributed by atoms with Crippen LogP contribution in [0, 0.1) is 0 Å². The highest BCUT2D eigenvalue weighted by Gasteiger charge is 2.23. The maximum atomic E-state index is 12.1. The molecule has 29 heavy (non-hydrogen) atoms. The summed E-state index contributed by atoms with van der Waals surface area (Å²) in [6.07, 6.45) is 3.28. The zero-order valence-electron chi connectivity index (χ0n) is 18.1. The Balaban J connectivity index is 0.00000420. The molecule has 0 aromatic heterocycles. The smallest absolute Gasteiger partial charge is 0.253 e. The fourth-order valence-electron chi connectivity index (χ4n) is 3.51. The van der Waals surface area contributed by atoms with E-state index in [1.54, 1.807) is 33.2 Å². The number of benzene rings is 1. The summed E-state index contributed by atoms with van der Waals surface area (Å²) in [6.45, 7) is 4.55. The van der Waals surface area contributed by atoms with Gasteiger partial charge in [-0.25, -0.2) is 0 Å². The van der Waals surface area contributed by atoms with Crippen LogP contribution in [-0.4, -0.2) is 88.7 Å². The first-order valence-electron chi connectivity index (χ1n) is 10.0.